The topological polar surface area (TPSA) is 59.8 Å². The number of hydrogen-bond donors (Lipinski definition) is 1. The molecule has 2 heterocycles. The first-order valence-corrected chi connectivity index (χ1v) is 9.55. The van der Waals surface area contributed by atoms with E-state index in [1.54, 1.807) is 19.1 Å². The van der Waals surface area contributed by atoms with E-state index in [1.807, 2.05) is 6.08 Å². The van der Waals surface area contributed by atoms with E-state index in [1.165, 1.54) is 28.9 Å². The molecule has 2 aliphatic rings. The molecule has 0 spiro atoms. The molecular weight excluding hydrogens is 393 g/mol. The fourth-order valence-corrected chi connectivity index (χ4v) is 4.35. The van der Waals surface area contributed by atoms with E-state index in [2.05, 4.69) is 15.4 Å². The highest BCUT2D eigenvalue weighted by atomic mass is 19.1. The van der Waals surface area contributed by atoms with E-state index in [-0.39, 0.29) is 23.9 Å². The van der Waals surface area contributed by atoms with Crippen LogP contribution in [0.5, 0.6) is 0 Å². The van der Waals surface area contributed by atoms with Gasteiger partial charge in [-0.3, -0.25) is 4.79 Å². The van der Waals surface area contributed by atoms with Gasteiger partial charge in [0.05, 0.1) is 12.0 Å². The molecule has 0 amide bonds. The number of Topliss-reactive ketones (excluding diaryl/α,β-unsaturated/α-hetero) is 1. The van der Waals surface area contributed by atoms with Crippen molar-refractivity contribution in [3.05, 3.63) is 88.6 Å². The minimum absolute atomic E-state index is 0.0946. The molecule has 5 nitrogen and oxygen atoms in total. The average molecular weight is 410 g/mol. The number of aryl methyl sites for hydroxylation is 1. The summed E-state index contributed by atoms with van der Waals surface area (Å²) in [5, 5.41) is 7.52. The Morgan fingerprint density at radius 2 is 1.70 bits per heavy atom. The van der Waals surface area contributed by atoms with E-state index in [0.29, 0.717) is 23.0 Å². The zero-order valence-corrected chi connectivity index (χ0v) is 15.9. The third-order valence-electron chi connectivity index (χ3n) is 5.58. The van der Waals surface area contributed by atoms with Crippen molar-refractivity contribution >= 4 is 11.7 Å². The van der Waals surface area contributed by atoms with Crippen molar-refractivity contribution in [1.29, 1.82) is 0 Å². The minimum atomic E-state index is -0.722. The van der Waals surface area contributed by atoms with Gasteiger partial charge < -0.3 is 5.32 Å². The van der Waals surface area contributed by atoms with Gasteiger partial charge >= 0.3 is 0 Å². The quantitative estimate of drug-likeness (QED) is 0.685. The molecule has 1 N–H and O–H groups in total. The van der Waals surface area contributed by atoms with Crippen molar-refractivity contribution in [3.63, 3.8) is 0 Å². The first-order valence-electron chi connectivity index (χ1n) is 9.55. The normalized spacial score (nSPS) is 22.7. The summed E-state index contributed by atoms with van der Waals surface area (Å²) < 4.78 is 42.8. The second-order valence-electron chi connectivity index (χ2n) is 7.63. The molecule has 0 bridgehead atoms. The third kappa shape index (κ3) is 3.08. The number of nitrogens with zero attached hydrogens (tertiary/aromatic N) is 3. The van der Waals surface area contributed by atoms with Crippen LogP contribution >= 0.6 is 0 Å². The van der Waals surface area contributed by atoms with Crippen LogP contribution in [-0.2, 0) is 4.79 Å². The van der Waals surface area contributed by atoms with Gasteiger partial charge in [0.15, 0.2) is 0 Å². The Hall–Kier alpha value is -3.42. The van der Waals surface area contributed by atoms with E-state index in [4.69, 9.17) is 0 Å². The van der Waals surface area contributed by atoms with Crippen LogP contribution in [0.2, 0.25) is 0 Å². The first kappa shape index (κ1) is 18.6. The van der Waals surface area contributed by atoms with Crippen LogP contribution < -0.4 is 5.32 Å². The highest BCUT2D eigenvalue weighted by Crippen LogP contribution is 2.44. The van der Waals surface area contributed by atoms with Gasteiger partial charge in [-0.15, -0.1) is 0 Å². The van der Waals surface area contributed by atoms with Crippen LogP contribution in [0.25, 0.3) is 0 Å². The first-order chi connectivity index (χ1) is 14.4. The summed E-state index contributed by atoms with van der Waals surface area (Å²) in [4.78, 5) is 17.6. The molecule has 30 heavy (non-hydrogen) atoms. The predicted octanol–water partition coefficient (Wildman–Crippen LogP) is 4.28. The van der Waals surface area contributed by atoms with Crippen LogP contribution in [0.3, 0.4) is 0 Å². The fraction of sp³-hybridized carbons (Fsp3) is 0.227. The van der Waals surface area contributed by atoms with E-state index >= 15 is 0 Å². The van der Waals surface area contributed by atoms with E-state index in [9.17, 15) is 18.0 Å². The molecule has 3 aromatic rings. The SMILES string of the molecule is Cc1nc2n(n1)[C@@H](c1cc(F)cc(F)c1)[C@@H]1C(=O)C[C@H](c3ccc(F)cc3)C=C1N2. The van der Waals surface area contributed by atoms with Gasteiger partial charge in [0, 0.05) is 24.1 Å². The monoisotopic (exact) mass is 410 g/mol. The molecule has 0 saturated carbocycles. The summed E-state index contributed by atoms with van der Waals surface area (Å²) in [6.07, 6.45) is 2.11. The molecule has 8 heteroatoms. The number of anilines is 1. The molecule has 3 atom stereocenters. The van der Waals surface area contributed by atoms with E-state index < -0.39 is 23.6 Å². The number of halogens is 3. The Morgan fingerprint density at radius 1 is 1.00 bits per heavy atom. The maximum absolute atomic E-state index is 14.0. The van der Waals surface area contributed by atoms with Gasteiger partial charge in [-0.1, -0.05) is 18.2 Å². The van der Waals surface area contributed by atoms with Gasteiger partial charge in [-0.25, -0.2) is 17.9 Å². The number of nitrogens with one attached hydrogen (secondary N) is 1. The summed E-state index contributed by atoms with van der Waals surface area (Å²) in [6.45, 7) is 1.71. The Balaban J connectivity index is 1.64. The third-order valence-corrected chi connectivity index (χ3v) is 5.58. The fourth-order valence-electron chi connectivity index (χ4n) is 4.35. The molecule has 0 radical (unpaired) electrons. The number of hydrogen-bond acceptors (Lipinski definition) is 4. The number of rotatable bonds is 2. The maximum Gasteiger partial charge on any atom is 0.226 e. The van der Waals surface area contributed by atoms with Gasteiger partial charge in [0.25, 0.3) is 0 Å². The van der Waals surface area contributed by atoms with Crippen molar-refractivity contribution in [3.8, 4) is 0 Å². The molecule has 5 rings (SSSR count). The molecule has 0 unspecified atom stereocenters. The van der Waals surface area contributed by atoms with E-state index in [0.717, 1.165) is 11.6 Å². The van der Waals surface area contributed by atoms with Crippen LogP contribution in [0.1, 0.15) is 35.3 Å². The number of carbonyl (C=O) groups excluding carboxylic acids is 1. The number of fused-ring (bicyclic) bond motifs is 2. The van der Waals surface area contributed by atoms with Crippen LogP contribution in [0.15, 0.2) is 54.2 Å². The maximum atomic E-state index is 14.0. The number of benzene rings is 2. The second-order valence-corrected chi connectivity index (χ2v) is 7.63. The van der Waals surface area contributed by atoms with Gasteiger partial charge in [-0.2, -0.15) is 10.1 Å². The Labute approximate surface area is 170 Å². The molecular formula is C22H17F3N4O. The minimum Gasteiger partial charge on any atom is -0.328 e. The van der Waals surface area contributed by atoms with Crippen molar-refractivity contribution in [2.45, 2.75) is 25.3 Å². The summed E-state index contributed by atoms with van der Waals surface area (Å²) in [5.74, 6) is -1.94. The highest BCUT2D eigenvalue weighted by molar-refractivity contribution is 5.88. The standard InChI is InChI=1S/C22H17F3N4O/c1-11-26-22-27-18-8-13(12-2-4-15(23)5-3-12)9-19(30)20(18)21(29(22)28-11)14-6-16(24)10-17(25)7-14/h2-8,10,13,20-21H,9H2,1H3,(H,26,27,28)/t13-,20+,21+/m1/s1. The average Bonchev–Trinajstić information content (AvgIpc) is 3.05. The number of aromatic nitrogens is 3. The Kier molecular flexibility index (Phi) is 4.23. The molecule has 152 valence electrons. The molecule has 0 saturated heterocycles. The van der Waals surface area contributed by atoms with Gasteiger partial charge in [0.1, 0.15) is 29.1 Å². The zero-order chi connectivity index (χ0) is 21.0. The summed E-state index contributed by atoms with van der Waals surface area (Å²) in [6, 6.07) is 8.53. The van der Waals surface area contributed by atoms with Crippen molar-refractivity contribution in [1.82, 2.24) is 14.8 Å². The molecule has 2 aromatic carbocycles. The molecule has 1 aromatic heterocycles. The molecule has 0 fully saturated rings. The lowest BCUT2D eigenvalue weighted by Gasteiger charge is -2.38. The summed E-state index contributed by atoms with van der Waals surface area (Å²) in [7, 11) is 0. The van der Waals surface area contributed by atoms with Crippen LogP contribution in [0.4, 0.5) is 19.1 Å². The van der Waals surface area contributed by atoms with Gasteiger partial charge in [0.2, 0.25) is 5.95 Å². The zero-order valence-electron chi connectivity index (χ0n) is 15.9. The summed E-state index contributed by atoms with van der Waals surface area (Å²) >= 11 is 0. The lowest BCUT2D eigenvalue weighted by Crippen LogP contribution is -2.40. The van der Waals surface area contributed by atoms with Crippen molar-refractivity contribution in [2.75, 3.05) is 5.32 Å². The molecule has 1 aliphatic carbocycles. The number of allylic oxidation sites excluding steroid dienone is 2. The summed E-state index contributed by atoms with van der Waals surface area (Å²) in [5.41, 5.74) is 1.73. The lowest BCUT2D eigenvalue weighted by atomic mass is 9.75. The Morgan fingerprint density at radius 3 is 2.40 bits per heavy atom. The van der Waals surface area contributed by atoms with Crippen LogP contribution in [0, 0.1) is 30.3 Å². The number of carbonyl (C=O) groups is 1. The van der Waals surface area contributed by atoms with Crippen LogP contribution in [-0.4, -0.2) is 20.5 Å². The van der Waals surface area contributed by atoms with Gasteiger partial charge in [-0.05, 0) is 42.3 Å². The largest absolute Gasteiger partial charge is 0.328 e. The lowest BCUT2D eigenvalue weighted by molar-refractivity contribution is -0.123. The predicted molar refractivity (Wildman–Crippen MR) is 103 cm³/mol. The second kappa shape index (κ2) is 6.83. The highest BCUT2D eigenvalue weighted by Gasteiger charge is 2.43. The van der Waals surface area contributed by atoms with Crippen molar-refractivity contribution in [2.24, 2.45) is 5.92 Å². The smallest absolute Gasteiger partial charge is 0.226 e. The number of ketones is 1. The Bertz CT molecular complexity index is 1170. The molecule has 1 aliphatic heterocycles. The van der Waals surface area contributed by atoms with Crippen molar-refractivity contribution < 1.29 is 18.0 Å².